The normalized spacial score (nSPS) is 13.0. The zero-order valence-electron chi connectivity index (χ0n) is 11.1. The molecule has 2 aromatic carbocycles. The minimum atomic E-state index is -4.76. The van der Waals surface area contributed by atoms with Crippen molar-refractivity contribution >= 4 is 11.6 Å². The first kappa shape index (κ1) is 15.7. The van der Waals surface area contributed by atoms with Gasteiger partial charge < -0.3 is 10.5 Å². The number of halogens is 4. The highest BCUT2D eigenvalue weighted by Crippen LogP contribution is 2.33. The average Bonchev–Trinajstić information content (AvgIpc) is 2.40. The van der Waals surface area contributed by atoms with Gasteiger partial charge in [-0.1, -0.05) is 41.9 Å². The van der Waals surface area contributed by atoms with Gasteiger partial charge in [-0.15, -0.1) is 13.2 Å². The van der Waals surface area contributed by atoms with E-state index in [1.165, 1.54) is 18.2 Å². The van der Waals surface area contributed by atoms with Gasteiger partial charge in [-0.3, -0.25) is 0 Å². The Labute approximate surface area is 125 Å². The monoisotopic (exact) mass is 315 g/mol. The fourth-order valence-electron chi connectivity index (χ4n) is 1.94. The Morgan fingerprint density at radius 1 is 1.14 bits per heavy atom. The maximum atomic E-state index is 12.4. The predicted octanol–water partition coefficient (Wildman–Crippen LogP) is 4.60. The molecule has 0 aliphatic carbocycles. The Kier molecular flexibility index (Phi) is 4.44. The second-order valence-corrected chi connectivity index (χ2v) is 4.98. The summed E-state index contributed by atoms with van der Waals surface area (Å²) < 4.78 is 41.3. The quantitative estimate of drug-likeness (QED) is 0.898. The van der Waals surface area contributed by atoms with Gasteiger partial charge >= 0.3 is 6.36 Å². The van der Waals surface area contributed by atoms with Crippen molar-refractivity contribution in [1.82, 2.24) is 0 Å². The lowest BCUT2D eigenvalue weighted by molar-refractivity contribution is -0.274. The van der Waals surface area contributed by atoms with E-state index in [1.807, 2.05) is 6.92 Å². The number of hydrogen-bond acceptors (Lipinski definition) is 2. The summed E-state index contributed by atoms with van der Waals surface area (Å²) >= 11 is 6.02. The first-order valence-corrected chi connectivity index (χ1v) is 6.52. The van der Waals surface area contributed by atoms with Crippen molar-refractivity contribution in [1.29, 1.82) is 0 Å². The summed E-state index contributed by atoms with van der Waals surface area (Å²) in [7, 11) is 0. The largest absolute Gasteiger partial charge is 0.573 e. The van der Waals surface area contributed by atoms with Gasteiger partial charge in [-0.25, -0.2) is 0 Å². The van der Waals surface area contributed by atoms with Gasteiger partial charge in [0, 0.05) is 10.6 Å². The van der Waals surface area contributed by atoms with Crippen molar-refractivity contribution in [3.63, 3.8) is 0 Å². The molecule has 1 atom stereocenters. The van der Waals surface area contributed by atoms with E-state index in [2.05, 4.69) is 4.74 Å². The Morgan fingerprint density at radius 3 is 2.43 bits per heavy atom. The smallest absolute Gasteiger partial charge is 0.405 e. The third kappa shape index (κ3) is 3.89. The van der Waals surface area contributed by atoms with Gasteiger partial charge in [0.25, 0.3) is 0 Å². The molecular formula is C15H13ClF3NO. The van der Waals surface area contributed by atoms with E-state index in [9.17, 15) is 13.2 Å². The lowest BCUT2D eigenvalue weighted by atomic mass is 9.98. The molecule has 0 aliphatic rings. The molecule has 0 bridgehead atoms. The van der Waals surface area contributed by atoms with E-state index in [0.717, 1.165) is 5.56 Å². The Bertz CT molecular complexity index is 643. The molecule has 0 saturated heterocycles. The molecule has 0 fully saturated rings. The van der Waals surface area contributed by atoms with Crippen LogP contribution in [0.15, 0.2) is 42.5 Å². The second-order valence-electron chi connectivity index (χ2n) is 4.57. The molecule has 0 aliphatic heterocycles. The zero-order valence-corrected chi connectivity index (χ0v) is 11.9. The van der Waals surface area contributed by atoms with Crippen LogP contribution in [0.25, 0.3) is 0 Å². The average molecular weight is 316 g/mol. The Hall–Kier alpha value is -1.72. The molecule has 112 valence electrons. The van der Waals surface area contributed by atoms with Gasteiger partial charge in [-0.2, -0.15) is 0 Å². The molecule has 21 heavy (non-hydrogen) atoms. The van der Waals surface area contributed by atoms with E-state index >= 15 is 0 Å². The van der Waals surface area contributed by atoms with Crippen LogP contribution in [0.3, 0.4) is 0 Å². The number of ether oxygens (including phenoxy) is 1. The molecule has 0 aromatic heterocycles. The summed E-state index contributed by atoms with van der Waals surface area (Å²) in [6.45, 7) is 1.83. The molecular weight excluding hydrogens is 303 g/mol. The van der Waals surface area contributed by atoms with Crippen LogP contribution in [0.5, 0.6) is 5.75 Å². The van der Waals surface area contributed by atoms with Crippen molar-refractivity contribution in [2.24, 2.45) is 5.73 Å². The van der Waals surface area contributed by atoms with Crippen molar-refractivity contribution in [3.8, 4) is 5.75 Å². The highest BCUT2D eigenvalue weighted by atomic mass is 35.5. The van der Waals surface area contributed by atoms with Gasteiger partial charge in [0.05, 0.1) is 6.04 Å². The number of hydrogen-bond donors (Lipinski definition) is 1. The van der Waals surface area contributed by atoms with Crippen LogP contribution >= 0.6 is 11.6 Å². The van der Waals surface area contributed by atoms with Gasteiger partial charge in [0.2, 0.25) is 0 Å². The lowest BCUT2D eigenvalue weighted by Crippen LogP contribution is -2.20. The summed E-state index contributed by atoms with van der Waals surface area (Å²) in [6.07, 6.45) is -4.76. The molecule has 0 radical (unpaired) electrons. The van der Waals surface area contributed by atoms with Crippen LogP contribution < -0.4 is 10.5 Å². The van der Waals surface area contributed by atoms with E-state index in [4.69, 9.17) is 17.3 Å². The standard InChI is InChI=1S/C15H13ClF3NO/c1-9-6-7-10(8-12(9)16)14(20)11-4-2-3-5-13(11)21-15(17,18)19/h2-8,14H,20H2,1H3. The van der Waals surface area contributed by atoms with Gasteiger partial charge in [0.1, 0.15) is 5.75 Å². The SMILES string of the molecule is Cc1ccc(C(N)c2ccccc2OC(F)(F)F)cc1Cl. The summed E-state index contributed by atoms with van der Waals surface area (Å²) in [4.78, 5) is 0. The maximum absolute atomic E-state index is 12.4. The summed E-state index contributed by atoms with van der Waals surface area (Å²) in [6, 6.07) is 10.2. The molecule has 2 N–H and O–H groups in total. The molecule has 0 heterocycles. The first-order chi connectivity index (χ1) is 9.78. The molecule has 0 saturated carbocycles. The number of alkyl halides is 3. The number of benzene rings is 2. The molecule has 6 heteroatoms. The van der Waals surface area contributed by atoms with E-state index in [0.29, 0.717) is 10.6 Å². The second kappa shape index (κ2) is 5.95. The van der Waals surface area contributed by atoms with Gasteiger partial charge in [0.15, 0.2) is 0 Å². The molecule has 1 unspecified atom stereocenters. The predicted molar refractivity (Wildman–Crippen MR) is 75.3 cm³/mol. The zero-order chi connectivity index (χ0) is 15.6. The topological polar surface area (TPSA) is 35.2 Å². The number of para-hydroxylation sites is 1. The molecule has 2 nitrogen and oxygen atoms in total. The van der Waals surface area contributed by atoms with Crippen LogP contribution in [-0.4, -0.2) is 6.36 Å². The van der Waals surface area contributed by atoms with Crippen molar-refractivity contribution in [2.75, 3.05) is 0 Å². The third-order valence-corrected chi connectivity index (χ3v) is 3.44. The molecule has 0 spiro atoms. The number of rotatable bonds is 3. The molecule has 2 rings (SSSR count). The number of nitrogens with two attached hydrogens (primary N) is 1. The van der Waals surface area contributed by atoms with Crippen LogP contribution in [-0.2, 0) is 0 Å². The van der Waals surface area contributed by atoms with Crippen LogP contribution in [0, 0.1) is 6.92 Å². The highest BCUT2D eigenvalue weighted by Gasteiger charge is 2.32. The summed E-state index contributed by atoms with van der Waals surface area (Å²) in [5.74, 6) is -0.311. The first-order valence-electron chi connectivity index (χ1n) is 6.14. The molecule has 2 aromatic rings. The fraction of sp³-hybridized carbons (Fsp3) is 0.200. The number of aryl methyl sites for hydroxylation is 1. The Morgan fingerprint density at radius 2 is 1.81 bits per heavy atom. The van der Waals surface area contributed by atoms with E-state index in [1.54, 1.807) is 24.3 Å². The maximum Gasteiger partial charge on any atom is 0.573 e. The van der Waals surface area contributed by atoms with E-state index < -0.39 is 12.4 Å². The minimum absolute atomic E-state index is 0.245. The minimum Gasteiger partial charge on any atom is -0.405 e. The molecule has 0 amide bonds. The van der Waals surface area contributed by atoms with Crippen molar-refractivity contribution in [3.05, 3.63) is 64.2 Å². The fourth-order valence-corrected chi connectivity index (χ4v) is 2.13. The van der Waals surface area contributed by atoms with Crippen molar-refractivity contribution in [2.45, 2.75) is 19.3 Å². The van der Waals surface area contributed by atoms with Crippen LogP contribution in [0.2, 0.25) is 5.02 Å². The Balaban J connectivity index is 2.38. The summed E-state index contributed by atoms with van der Waals surface area (Å²) in [5.41, 5.74) is 7.78. The summed E-state index contributed by atoms with van der Waals surface area (Å²) in [5, 5.41) is 0.511. The van der Waals surface area contributed by atoms with Crippen molar-refractivity contribution < 1.29 is 17.9 Å². The van der Waals surface area contributed by atoms with Crippen LogP contribution in [0.4, 0.5) is 13.2 Å². The van der Waals surface area contributed by atoms with Gasteiger partial charge in [-0.05, 0) is 30.2 Å². The lowest BCUT2D eigenvalue weighted by Gasteiger charge is -2.18. The van der Waals surface area contributed by atoms with Crippen LogP contribution in [0.1, 0.15) is 22.7 Å². The third-order valence-electron chi connectivity index (χ3n) is 3.03. The highest BCUT2D eigenvalue weighted by molar-refractivity contribution is 6.31. The van der Waals surface area contributed by atoms with E-state index in [-0.39, 0.29) is 11.3 Å².